The van der Waals surface area contributed by atoms with E-state index in [9.17, 15) is 22.4 Å². The number of ether oxygens (including phenoxy) is 1. The van der Waals surface area contributed by atoms with Crippen LogP contribution in [0.15, 0.2) is 60.7 Å². The van der Waals surface area contributed by atoms with Crippen molar-refractivity contribution in [3.8, 4) is 0 Å². The van der Waals surface area contributed by atoms with Crippen LogP contribution in [0, 0.1) is 23.3 Å². The number of hydrogen-bond acceptors (Lipinski definition) is 3. The molecule has 4 rings (SSSR count). The Balaban J connectivity index is 1.42. The molecule has 1 saturated heterocycles. The minimum atomic E-state index is -0.768. The number of benzene rings is 3. The highest BCUT2D eigenvalue weighted by atomic mass is 35.5. The Morgan fingerprint density at radius 2 is 1.54 bits per heavy atom. The average Bonchev–Trinajstić information content (AvgIpc) is 2.85. The predicted molar refractivity (Wildman–Crippen MR) is 124 cm³/mol. The van der Waals surface area contributed by atoms with Gasteiger partial charge in [0.05, 0.1) is 18.3 Å². The van der Waals surface area contributed by atoms with Crippen molar-refractivity contribution in [1.82, 2.24) is 9.80 Å². The maximum atomic E-state index is 14.1. The van der Waals surface area contributed by atoms with E-state index in [2.05, 4.69) is 0 Å². The fourth-order valence-electron chi connectivity index (χ4n) is 3.99. The van der Waals surface area contributed by atoms with E-state index in [-0.39, 0.29) is 17.7 Å². The topological polar surface area (TPSA) is 32.8 Å². The third-order valence-electron chi connectivity index (χ3n) is 5.97. The van der Waals surface area contributed by atoms with Gasteiger partial charge in [0.15, 0.2) is 0 Å². The first-order valence-corrected chi connectivity index (χ1v) is 11.5. The van der Waals surface area contributed by atoms with Gasteiger partial charge in [0.1, 0.15) is 23.3 Å². The van der Waals surface area contributed by atoms with E-state index in [4.69, 9.17) is 16.3 Å². The Morgan fingerprint density at radius 3 is 2.20 bits per heavy atom. The number of carbonyl (C=O) groups excluding carboxylic acids is 1. The zero-order valence-corrected chi connectivity index (χ0v) is 19.5. The summed E-state index contributed by atoms with van der Waals surface area (Å²) in [7, 11) is 0. The fourth-order valence-corrected chi connectivity index (χ4v) is 4.11. The summed E-state index contributed by atoms with van der Waals surface area (Å²) in [5.41, 5.74) is 0.332. The van der Waals surface area contributed by atoms with Crippen LogP contribution in [-0.2, 0) is 11.3 Å². The van der Waals surface area contributed by atoms with Gasteiger partial charge < -0.3 is 9.64 Å². The first kappa shape index (κ1) is 25.2. The van der Waals surface area contributed by atoms with Crippen molar-refractivity contribution in [3.63, 3.8) is 0 Å². The SMILES string of the molecule is O=C(c1cc(F)ccc1F)N1CCN(C[C@@H](OCc2c(F)cccc2F)c2ccc(Cl)cc2)CC1. The maximum absolute atomic E-state index is 14.1. The highest BCUT2D eigenvalue weighted by molar-refractivity contribution is 6.30. The van der Waals surface area contributed by atoms with E-state index in [1.165, 1.54) is 23.1 Å². The molecule has 9 heteroatoms. The van der Waals surface area contributed by atoms with E-state index in [0.29, 0.717) is 37.7 Å². The zero-order valence-electron chi connectivity index (χ0n) is 18.7. The molecule has 0 N–H and O–H groups in total. The molecule has 1 aliphatic heterocycles. The van der Waals surface area contributed by atoms with Crippen LogP contribution in [0.2, 0.25) is 5.02 Å². The number of amides is 1. The monoisotopic (exact) mass is 506 g/mol. The molecule has 184 valence electrons. The third kappa shape index (κ3) is 6.20. The van der Waals surface area contributed by atoms with Crippen molar-refractivity contribution in [2.45, 2.75) is 12.7 Å². The number of piperazine rings is 1. The second-order valence-corrected chi connectivity index (χ2v) is 8.70. The van der Waals surface area contributed by atoms with E-state index in [1.807, 2.05) is 4.90 Å². The summed E-state index contributed by atoms with van der Waals surface area (Å²) in [5.74, 6) is -3.38. The Morgan fingerprint density at radius 1 is 0.886 bits per heavy atom. The average molecular weight is 507 g/mol. The first-order chi connectivity index (χ1) is 16.8. The summed E-state index contributed by atoms with van der Waals surface area (Å²) in [6.07, 6.45) is -0.519. The van der Waals surface area contributed by atoms with Gasteiger partial charge in [-0.1, -0.05) is 29.8 Å². The quantitative estimate of drug-likeness (QED) is 0.390. The Hall–Kier alpha value is -2.94. The van der Waals surface area contributed by atoms with Crippen molar-refractivity contribution in [2.75, 3.05) is 32.7 Å². The summed E-state index contributed by atoms with van der Waals surface area (Å²) in [5, 5.41) is 0.546. The Kier molecular flexibility index (Phi) is 8.05. The molecular formula is C26H23ClF4N2O2. The van der Waals surface area contributed by atoms with Crippen LogP contribution in [0.5, 0.6) is 0 Å². The van der Waals surface area contributed by atoms with Gasteiger partial charge in [0.2, 0.25) is 0 Å². The lowest BCUT2D eigenvalue weighted by Crippen LogP contribution is -2.49. The molecular weight excluding hydrogens is 484 g/mol. The molecule has 4 nitrogen and oxygen atoms in total. The minimum Gasteiger partial charge on any atom is -0.367 e. The maximum Gasteiger partial charge on any atom is 0.257 e. The largest absolute Gasteiger partial charge is 0.367 e. The van der Waals surface area contributed by atoms with Gasteiger partial charge in [-0.2, -0.15) is 0 Å². The summed E-state index contributed by atoms with van der Waals surface area (Å²) >= 11 is 6.00. The van der Waals surface area contributed by atoms with Crippen LogP contribution in [-0.4, -0.2) is 48.4 Å². The summed E-state index contributed by atoms with van der Waals surface area (Å²) < 4.78 is 61.7. The van der Waals surface area contributed by atoms with E-state index in [1.54, 1.807) is 24.3 Å². The van der Waals surface area contributed by atoms with Crippen LogP contribution >= 0.6 is 11.6 Å². The van der Waals surface area contributed by atoms with Gasteiger partial charge in [-0.05, 0) is 48.0 Å². The normalized spacial score (nSPS) is 15.3. The van der Waals surface area contributed by atoms with Gasteiger partial charge in [0.25, 0.3) is 5.91 Å². The van der Waals surface area contributed by atoms with E-state index < -0.39 is 35.3 Å². The van der Waals surface area contributed by atoms with Crippen molar-refractivity contribution in [3.05, 3.63) is 106 Å². The lowest BCUT2D eigenvalue weighted by atomic mass is 10.1. The molecule has 0 aliphatic carbocycles. The number of nitrogens with zero attached hydrogens (tertiary/aromatic N) is 2. The Bertz CT molecular complexity index is 1160. The molecule has 0 saturated carbocycles. The number of hydrogen-bond donors (Lipinski definition) is 0. The van der Waals surface area contributed by atoms with Gasteiger partial charge >= 0.3 is 0 Å². The third-order valence-corrected chi connectivity index (χ3v) is 6.23. The summed E-state index contributed by atoms with van der Waals surface area (Å²) in [6, 6.07) is 13.4. The molecule has 0 bridgehead atoms. The van der Waals surface area contributed by atoms with Crippen LogP contribution in [0.25, 0.3) is 0 Å². The number of halogens is 5. The van der Waals surface area contributed by atoms with Crippen molar-refractivity contribution >= 4 is 17.5 Å². The highest BCUT2D eigenvalue weighted by Gasteiger charge is 2.27. The highest BCUT2D eigenvalue weighted by Crippen LogP contribution is 2.25. The van der Waals surface area contributed by atoms with Gasteiger partial charge in [-0.25, -0.2) is 17.6 Å². The molecule has 0 spiro atoms. The second-order valence-electron chi connectivity index (χ2n) is 8.27. The molecule has 3 aromatic carbocycles. The Labute approximate surface area is 205 Å². The molecule has 1 fully saturated rings. The molecule has 1 atom stereocenters. The standard InChI is InChI=1S/C26H23ClF4N2O2/c27-18-6-4-17(5-7-18)25(35-16-21-22(29)2-1-3-23(21)30)15-32-10-12-33(13-11-32)26(34)20-14-19(28)8-9-24(20)31/h1-9,14,25H,10-13,15-16H2/t25-/m1/s1. The van der Waals surface area contributed by atoms with Crippen LogP contribution in [0.4, 0.5) is 17.6 Å². The predicted octanol–water partition coefficient (Wildman–Crippen LogP) is 5.61. The molecule has 1 aliphatic rings. The molecule has 35 heavy (non-hydrogen) atoms. The smallest absolute Gasteiger partial charge is 0.257 e. The van der Waals surface area contributed by atoms with Crippen molar-refractivity contribution in [2.24, 2.45) is 0 Å². The van der Waals surface area contributed by atoms with Crippen molar-refractivity contribution in [1.29, 1.82) is 0 Å². The lowest BCUT2D eigenvalue weighted by Gasteiger charge is -2.36. The van der Waals surface area contributed by atoms with Gasteiger partial charge in [-0.3, -0.25) is 9.69 Å². The van der Waals surface area contributed by atoms with E-state index in [0.717, 1.165) is 23.8 Å². The van der Waals surface area contributed by atoms with Gasteiger partial charge in [-0.15, -0.1) is 0 Å². The molecule has 0 aromatic heterocycles. The number of carbonyl (C=O) groups is 1. The van der Waals surface area contributed by atoms with Crippen LogP contribution in [0.1, 0.15) is 27.6 Å². The molecule has 0 unspecified atom stereocenters. The zero-order chi connectivity index (χ0) is 24.9. The fraction of sp³-hybridized carbons (Fsp3) is 0.269. The van der Waals surface area contributed by atoms with E-state index >= 15 is 0 Å². The molecule has 1 amide bonds. The molecule has 0 radical (unpaired) electrons. The van der Waals surface area contributed by atoms with Crippen LogP contribution in [0.3, 0.4) is 0 Å². The summed E-state index contributed by atoms with van der Waals surface area (Å²) in [4.78, 5) is 16.2. The second kappa shape index (κ2) is 11.2. The molecule has 1 heterocycles. The first-order valence-electron chi connectivity index (χ1n) is 11.1. The molecule has 3 aromatic rings. The summed E-state index contributed by atoms with van der Waals surface area (Å²) in [6.45, 7) is 1.68. The van der Waals surface area contributed by atoms with Gasteiger partial charge in [0, 0.05) is 43.3 Å². The van der Waals surface area contributed by atoms with Crippen molar-refractivity contribution < 1.29 is 27.1 Å². The number of rotatable bonds is 7. The lowest BCUT2D eigenvalue weighted by molar-refractivity contribution is 0.00140. The minimum absolute atomic E-state index is 0.154. The van der Waals surface area contributed by atoms with Crippen LogP contribution < -0.4 is 0 Å².